The van der Waals surface area contributed by atoms with Crippen LogP contribution in [0, 0.1) is 11.3 Å². The lowest BCUT2D eigenvalue weighted by Crippen LogP contribution is -2.41. The van der Waals surface area contributed by atoms with Crippen molar-refractivity contribution in [1.29, 1.82) is 0 Å². The SMILES string of the molecule is CC(=O)NC(/C=C1\CCCC1C(N)=O)C(C)(C)C. The second-order valence-corrected chi connectivity index (χ2v) is 6.13. The number of hydrogen-bond donors (Lipinski definition) is 2. The van der Waals surface area contributed by atoms with E-state index in [4.69, 9.17) is 5.73 Å². The van der Waals surface area contributed by atoms with E-state index in [9.17, 15) is 9.59 Å². The predicted octanol–water partition coefficient (Wildman–Crippen LogP) is 1.75. The van der Waals surface area contributed by atoms with Crippen LogP contribution in [0.5, 0.6) is 0 Å². The van der Waals surface area contributed by atoms with Crippen LogP contribution in [0.1, 0.15) is 47.0 Å². The van der Waals surface area contributed by atoms with Crippen molar-refractivity contribution in [3.8, 4) is 0 Å². The first-order chi connectivity index (χ1) is 8.21. The minimum absolute atomic E-state index is 0.0552. The van der Waals surface area contributed by atoms with Gasteiger partial charge in [0.1, 0.15) is 0 Å². The number of amides is 2. The van der Waals surface area contributed by atoms with Crippen LogP contribution in [0.2, 0.25) is 0 Å². The molecule has 2 amide bonds. The van der Waals surface area contributed by atoms with Crippen LogP contribution in [0.15, 0.2) is 11.6 Å². The quantitative estimate of drug-likeness (QED) is 0.751. The molecular formula is C14H24N2O2. The summed E-state index contributed by atoms with van der Waals surface area (Å²) in [5.41, 5.74) is 6.41. The van der Waals surface area contributed by atoms with E-state index in [1.54, 1.807) is 0 Å². The summed E-state index contributed by atoms with van der Waals surface area (Å²) in [6.07, 6.45) is 4.76. The normalized spacial score (nSPS) is 24.0. The maximum atomic E-state index is 11.4. The molecule has 0 aromatic carbocycles. The molecule has 1 aliphatic rings. The first-order valence-corrected chi connectivity index (χ1v) is 6.49. The summed E-state index contributed by atoms with van der Waals surface area (Å²) < 4.78 is 0. The van der Waals surface area contributed by atoms with Gasteiger partial charge in [0, 0.05) is 6.92 Å². The monoisotopic (exact) mass is 252 g/mol. The molecule has 1 rings (SSSR count). The van der Waals surface area contributed by atoms with E-state index < -0.39 is 0 Å². The van der Waals surface area contributed by atoms with Crippen molar-refractivity contribution in [2.45, 2.75) is 53.0 Å². The highest BCUT2D eigenvalue weighted by Crippen LogP contribution is 2.33. The highest BCUT2D eigenvalue weighted by atomic mass is 16.1. The highest BCUT2D eigenvalue weighted by molar-refractivity contribution is 5.80. The first-order valence-electron chi connectivity index (χ1n) is 6.49. The Balaban J connectivity index is 2.93. The molecule has 102 valence electrons. The van der Waals surface area contributed by atoms with Gasteiger partial charge >= 0.3 is 0 Å². The van der Waals surface area contributed by atoms with Crippen LogP contribution in [-0.4, -0.2) is 17.9 Å². The number of carbonyl (C=O) groups excluding carboxylic acids is 2. The molecule has 18 heavy (non-hydrogen) atoms. The van der Waals surface area contributed by atoms with E-state index in [0.29, 0.717) is 0 Å². The molecule has 0 heterocycles. The Kier molecular flexibility index (Phi) is 4.54. The van der Waals surface area contributed by atoms with Crippen LogP contribution in [-0.2, 0) is 9.59 Å². The van der Waals surface area contributed by atoms with E-state index in [1.165, 1.54) is 6.92 Å². The third-order valence-electron chi connectivity index (χ3n) is 3.42. The first kappa shape index (κ1) is 14.7. The zero-order chi connectivity index (χ0) is 13.9. The van der Waals surface area contributed by atoms with Gasteiger partial charge in [-0.25, -0.2) is 0 Å². The minimum Gasteiger partial charge on any atom is -0.369 e. The molecule has 0 aliphatic heterocycles. The van der Waals surface area contributed by atoms with Crippen LogP contribution >= 0.6 is 0 Å². The Hall–Kier alpha value is -1.32. The number of primary amides is 1. The molecule has 4 heteroatoms. The summed E-state index contributed by atoms with van der Waals surface area (Å²) in [5.74, 6) is -0.460. The molecule has 0 saturated heterocycles. The van der Waals surface area contributed by atoms with E-state index in [2.05, 4.69) is 26.1 Å². The molecule has 3 N–H and O–H groups in total. The molecule has 0 spiro atoms. The van der Waals surface area contributed by atoms with Gasteiger partial charge in [0.25, 0.3) is 0 Å². The Labute approximate surface area is 109 Å². The van der Waals surface area contributed by atoms with Gasteiger partial charge in [-0.3, -0.25) is 9.59 Å². The third kappa shape index (κ3) is 3.86. The fourth-order valence-electron chi connectivity index (χ4n) is 2.34. The largest absolute Gasteiger partial charge is 0.369 e. The van der Waals surface area contributed by atoms with E-state index >= 15 is 0 Å². The number of hydrogen-bond acceptors (Lipinski definition) is 2. The van der Waals surface area contributed by atoms with Gasteiger partial charge in [0.05, 0.1) is 12.0 Å². The van der Waals surface area contributed by atoms with Crippen molar-refractivity contribution < 1.29 is 9.59 Å². The lowest BCUT2D eigenvalue weighted by Gasteiger charge is -2.29. The van der Waals surface area contributed by atoms with Gasteiger partial charge in [-0.2, -0.15) is 0 Å². The van der Waals surface area contributed by atoms with E-state index in [-0.39, 0.29) is 29.2 Å². The van der Waals surface area contributed by atoms with Gasteiger partial charge in [0.2, 0.25) is 11.8 Å². The van der Waals surface area contributed by atoms with Crippen molar-refractivity contribution in [2.75, 3.05) is 0 Å². The molecular weight excluding hydrogens is 228 g/mol. The van der Waals surface area contributed by atoms with Crippen molar-refractivity contribution >= 4 is 11.8 Å². The number of nitrogens with two attached hydrogens (primary N) is 1. The second kappa shape index (κ2) is 5.55. The highest BCUT2D eigenvalue weighted by Gasteiger charge is 2.29. The molecule has 0 radical (unpaired) electrons. The number of nitrogens with one attached hydrogen (secondary N) is 1. The zero-order valence-corrected chi connectivity index (χ0v) is 11.7. The molecule has 1 saturated carbocycles. The number of rotatable bonds is 3. The van der Waals surface area contributed by atoms with E-state index in [1.807, 2.05) is 6.08 Å². The maximum absolute atomic E-state index is 11.4. The average molecular weight is 252 g/mol. The lowest BCUT2D eigenvalue weighted by atomic mass is 9.84. The van der Waals surface area contributed by atoms with Crippen molar-refractivity contribution in [3.63, 3.8) is 0 Å². The Morgan fingerprint density at radius 2 is 2.06 bits per heavy atom. The molecule has 1 fully saturated rings. The van der Waals surface area contributed by atoms with Gasteiger partial charge < -0.3 is 11.1 Å². The summed E-state index contributed by atoms with van der Waals surface area (Å²) >= 11 is 0. The van der Waals surface area contributed by atoms with Crippen molar-refractivity contribution in [2.24, 2.45) is 17.1 Å². The van der Waals surface area contributed by atoms with Crippen LogP contribution in [0.25, 0.3) is 0 Å². The van der Waals surface area contributed by atoms with Gasteiger partial charge in [0.15, 0.2) is 0 Å². The fourth-order valence-corrected chi connectivity index (χ4v) is 2.34. The fraction of sp³-hybridized carbons (Fsp3) is 0.714. The molecule has 1 aliphatic carbocycles. The Morgan fingerprint density at radius 3 is 2.50 bits per heavy atom. The summed E-state index contributed by atoms with van der Waals surface area (Å²) in [7, 11) is 0. The second-order valence-electron chi connectivity index (χ2n) is 6.13. The standard InChI is InChI=1S/C14H24N2O2/c1-9(17)16-12(14(2,3)4)8-10-6-5-7-11(10)13(15)18/h8,11-12H,5-7H2,1-4H3,(H2,15,18)(H,16,17)/b10-8+. The smallest absolute Gasteiger partial charge is 0.224 e. The molecule has 0 bridgehead atoms. The Bertz CT molecular complexity index is 366. The average Bonchev–Trinajstić information content (AvgIpc) is 2.62. The topological polar surface area (TPSA) is 72.2 Å². The van der Waals surface area contributed by atoms with Crippen LogP contribution < -0.4 is 11.1 Å². The van der Waals surface area contributed by atoms with Crippen LogP contribution in [0.3, 0.4) is 0 Å². The summed E-state index contributed by atoms with van der Waals surface area (Å²) in [4.78, 5) is 22.6. The minimum atomic E-state index is -0.255. The molecule has 0 aromatic rings. The Morgan fingerprint density at radius 1 is 1.44 bits per heavy atom. The number of carbonyl (C=O) groups is 2. The van der Waals surface area contributed by atoms with Gasteiger partial charge in [-0.05, 0) is 24.7 Å². The predicted molar refractivity (Wildman–Crippen MR) is 71.7 cm³/mol. The maximum Gasteiger partial charge on any atom is 0.224 e. The molecule has 2 atom stereocenters. The molecule has 0 aromatic heterocycles. The third-order valence-corrected chi connectivity index (χ3v) is 3.42. The molecule has 4 nitrogen and oxygen atoms in total. The summed E-state index contributed by atoms with van der Waals surface area (Å²) in [6, 6.07) is -0.0649. The summed E-state index contributed by atoms with van der Waals surface area (Å²) in [6.45, 7) is 7.72. The lowest BCUT2D eigenvalue weighted by molar-refractivity contribution is -0.120. The van der Waals surface area contributed by atoms with E-state index in [0.717, 1.165) is 24.8 Å². The summed E-state index contributed by atoms with van der Waals surface area (Å²) in [5, 5.41) is 2.94. The van der Waals surface area contributed by atoms with Gasteiger partial charge in [-0.15, -0.1) is 0 Å². The van der Waals surface area contributed by atoms with Crippen molar-refractivity contribution in [3.05, 3.63) is 11.6 Å². The van der Waals surface area contributed by atoms with Crippen molar-refractivity contribution in [1.82, 2.24) is 5.32 Å². The van der Waals surface area contributed by atoms with Crippen LogP contribution in [0.4, 0.5) is 0 Å². The van der Waals surface area contributed by atoms with Gasteiger partial charge in [-0.1, -0.05) is 32.4 Å². The molecule has 2 unspecified atom stereocenters. The zero-order valence-electron chi connectivity index (χ0n) is 11.7.